The van der Waals surface area contributed by atoms with Crippen molar-refractivity contribution < 1.29 is 28.7 Å². The average molecular weight is 414 g/mol. The van der Waals surface area contributed by atoms with E-state index in [2.05, 4.69) is 17.5 Å². The van der Waals surface area contributed by atoms with Crippen molar-refractivity contribution in [2.45, 2.75) is 26.1 Å². The van der Waals surface area contributed by atoms with Crippen molar-refractivity contribution in [3.8, 4) is 16.9 Å². The van der Waals surface area contributed by atoms with Crippen LogP contribution in [0.2, 0.25) is 0 Å². The highest BCUT2D eigenvalue weighted by molar-refractivity contribution is 7.46. The Labute approximate surface area is 169 Å². The Kier molecular flexibility index (Phi) is 5.23. The minimum absolute atomic E-state index is 0.0529. The maximum Gasteiger partial charge on any atom is 0.469 e. The van der Waals surface area contributed by atoms with Gasteiger partial charge in [0.05, 0.1) is 12.7 Å². The molecule has 6 nitrogen and oxygen atoms in total. The van der Waals surface area contributed by atoms with Crippen molar-refractivity contribution >= 4 is 7.82 Å². The van der Waals surface area contributed by atoms with Gasteiger partial charge in [-0.2, -0.15) is 0 Å². The Morgan fingerprint density at radius 2 is 1.66 bits per heavy atom. The van der Waals surface area contributed by atoms with Gasteiger partial charge in [0.1, 0.15) is 12.4 Å². The maximum absolute atomic E-state index is 10.8. The average Bonchev–Trinajstić information content (AvgIpc) is 3.25. The lowest BCUT2D eigenvalue weighted by Crippen LogP contribution is -2.05. The Balaban J connectivity index is 1.33. The van der Waals surface area contributed by atoms with Crippen LogP contribution in [0.5, 0.6) is 5.75 Å². The zero-order valence-electron chi connectivity index (χ0n) is 16.0. The molecule has 0 saturated heterocycles. The molecule has 1 saturated carbocycles. The highest BCUT2D eigenvalue weighted by Crippen LogP contribution is 2.57. The summed E-state index contributed by atoms with van der Waals surface area (Å²) >= 11 is 0. The Bertz CT molecular complexity index is 1000. The molecule has 0 bridgehead atoms. The molecule has 3 N–H and O–H groups in total. The maximum atomic E-state index is 10.8. The van der Waals surface area contributed by atoms with Crippen LogP contribution in [0, 0.1) is 5.41 Å². The lowest BCUT2D eigenvalue weighted by molar-refractivity contribution is 0.189. The van der Waals surface area contributed by atoms with Crippen LogP contribution in [-0.2, 0) is 15.7 Å². The first-order chi connectivity index (χ1) is 13.7. The quantitative estimate of drug-likeness (QED) is 0.593. The standard InChI is InChI=1S/C22H23O6P/c1-22-11-10-16(12-20(22)21(22)23)13-27-19-8-6-18(7-9-19)17-4-2-15(3-5-17)14-28-29(24,25)26/h2-10,12,21,23H,11,13-14H2,1H3,(H2,24,25,26). The van der Waals surface area contributed by atoms with Gasteiger partial charge >= 0.3 is 7.82 Å². The molecule has 0 aromatic heterocycles. The molecule has 7 heteroatoms. The molecule has 4 rings (SSSR count). The second-order valence-corrected chi connectivity index (χ2v) is 8.92. The summed E-state index contributed by atoms with van der Waals surface area (Å²) in [7, 11) is -4.47. The van der Waals surface area contributed by atoms with Crippen molar-refractivity contribution in [3.05, 3.63) is 77.4 Å². The lowest BCUT2D eigenvalue weighted by atomic mass is 9.97. The number of hydrogen-bond acceptors (Lipinski definition) is 4. The highest BCUT2D eigenvalue weighted by atomic mass is 31.2. The number of aliphatic hydroxyl groups is 1. The monoisotopic (exact) mass is 414 g/mol. The molecular formula is C22H23O6P. The van der Waals surface area contributed by atoms with Crippen molar-refractivity contribution in [1.82, 2.24) is 0 Å². The Hall–Kier alpha value is -2.21. The van der Waals surface area contributed by atoms with Gasteiger partial charge in [0, 0.05) is 5.41 Å². The van der Waals surface area contributed by atoms with E-state index in [-0.39, 0.29) is 18.1 Å². The van der Waals surface area contributed by atoms with Crippen LogP contribution in [0.3, 0.4) is 0 Å². The number of rotatable bonds is 7. The summed E-state index contributed by atoms with van der Waals surface area (Å²) in [6.07, 6.45) is 4.71. The van der Waals surface area contributed by atoms with E-state index in [1.165, 1.54) is 0 Å². The number of allylic oxidation sites excluding steroid dienone is 1. The molecule has 2 aromatic carbocycles. The molecule has 2 aromatic rings. The minimum Gasteiger partial charge on any atom is -0.489 e. The summed E-state index contributed by atoms with van der Waals surface area (Å²) in [5.74, 6) is 0.768. The molecule has 0 heterocycles. The first kappa shape index (κ1) is 20.1. The smallest absolute Gasteiger partial charge is 0.469 e. The summed E-state index contributed by atoms with van der Waals surface area (Å²) in [5, 5.41) is 9.93. The Morgan fingerprint density at radius 1 is 1.03 bits per heavy atom. The van der Waals surface area contributed by atoms with Gasteiger partial charge < -0.3 is 19.6 Å². The number of ether oxygens (including phenoxy) is 1. The number of fused-ring (bicyclic) bond motifs is 1. The van der Waals surface area contributed by atoms with Crippen molar-refractivity contribution in [2.24, 2.45) is 5.41 Å². The third-order valence-corrected chi connectivity index (χ3v) is 6.02. The van der Waals surface area contributed by atoms with Gasteiger partial charge in [0.15, 0.2) is 0 Å². The van der Waals surface area contributed by atoms with Gasteiger partial charge in [-0.1, -0.05) is 55.5 Å². The number of hydrogen-bond donors (Lipinski definition) is 3. The van der Waals surface area contributed by atoms with Gasteiger partial charge in [0.25, 0.3) is 0 Å². The third-order valence-electron chi connectivity index (χ3n) is 5.55. The molecule has 0 aliphatic heterocycles. The molecule has 0 amide bonds. The molecule has 2 aliphatic rings. The van der Waals surface area contributed by atoms with Crippen LogP contribution in [0.4, 0.5) is 0 Å². The second kappa shape index (κ2) is 7.56. The van der Waals surface area contributed by atoms with Crippen LogP contribution in [0.1, 0.15) is 18.9 Å². The molecule has 2 atom stereocenters. The van der Waals surface area contributed by atoms with Crippen molar-refractivity contribution in [2.75, 3.05) is 6.61 Å². The molecular weight excluding hydrogens is 391 g/mol. The fourth-order valence-corrected chi connectivity index (χ4v) is 3.85. The third kappa shape index (κ3) is 4.53. The van der Waals surface area contributed by atoms with Crippen LogP contribution in [0.15, 0.2) is 71.8 Å². The normalized spacial score (nSPS) is 23.1. The summed E-state index contributed by atoms with van der Waals surface area (Å²) in [6, 6.07) is 15.1. The largest absolute Gasteiger partial charge is 0.489 e. The van der Waals surface area contributed by atoms with E-state index in [1.807, 2.05) is 42.5 Å². The van der Waals surface area contributed by atoms with Crippen molar-refractivity contribution in [1.29, 1.82) is 0 Å². The number of phosphoric ester groups is 1. The second-order valence-electron chi connectivity index (χ2n) is 7.68. The fraction of sp³-hybridized carbons (Fsp3) is 0.273. The van der Waals surface area contributed by atoms with Crippen LogP contribution in [0.25, 0.3) is 11.1 Å². The predicted octanol–water partition coefficient (Wildman–Crippen LogP) is 3.98. The molecule has 0 spiro atoms. The SMILES string of the molecule is CC12CC=C(COc3ccc(-c4ccc(COP(=O)(O)O)cc4)cc3)C=C1C2O. The van der Waals surface area contributed by atoms with Gasteiger partial charge in [-0.05, 0) is 46.4 Å². The minimum atomic E-state index is -4.47. The van der Waals surface area contributed by atoms with Gasteiger partial charge in [-0.25, -0.2) is 4.57 Å². The zero-order chi connectivity index (χ0) is 20.6. The number of aliphatic hydroxyl groups excluding tert-OH is 1. The fourth-order valence-electron chi connectivity index (χ4n) is 3.53. The van der Waals surface area contributed by atoms with E-state index in [9.17, 15) is 9.67 Å². The first-order valence-corrected chi connectivity index (χ1v) is 10.9. The topological polar surface area (TPSA) is 96.2 Å². The van der Waals surface area contributed by atoms with E-state index in [0.29, 0.717) is 12.2 Å². The number of phosphoric acid groups is 1. The molecule has 2 aliphatic carbocycles. The summed E-state index contributed by atoms with van der Waals surface area (Å²) in [5.41, 5.74) is 4.82. The summed E-state index contributed by atoms with van der Waals surface area (Å²) in [4.78, 5) is 17.5. The van der Waals surface area contributed by atoms with E-state index in [0.717, 1.165) is 34.4 Å². The Morgan fingerprint density at radius 3 is 2.24 bits per heavy atom. The zero-order valence-corrected chi connectivity index (χ0v) is 16.9. The highest BCUT2D eigenvalue weighted by Gasteiger charge is 2.55. The van der Waals surface area contributed by atoms with Crippen LogP contribution in [-0.4, -0.2) is 27.6 Å². The van der Waals surface area contributed by atoms with E-state index in [1.54, 1.807) is 12.1 Å². The molecule has 152 valence electrons. The molecule has 0 radical (unpaired) electrons. The molecule has 2 unspecified atom stereocenters. The van der Waals surface area contributed by atoms with Crippen molar-refractivity contribution in [3.63, 3.8) is 0 Å². The lowest BCUT2D eigenvalue weighted by Gasteiger charge is -2.13. The molecule has 1 fully saturated rings. The first-order valence-electron chi connectivity index (χ1n) is 9.36. The summed E-state index contributed by atoms with van der Waals surface area (Å²) in [6.45, 7) is 2.41. The van der Waals surface area contributed by atoms with E-state index < -0.39 is 7.82 Å². The van der Waals surface area contributed by atoms with E-state index >= 15 is 0 Å². The number of benzene rings is 2. The van der Waals surface area contributed by atoms with Gasteiger partial charge in [-0.3, -0.25) is 4.52 Å². The molecule has 29 heavy (non-hydrogen) atoms. The van der Waals surface area contributed by atoms with E-state index in [4.69, 9.17) is 14.5 Å². The van der Waals surface area contributed by atoms with Gasteiger partial charge in [0.2, 0.25) is 0 Å². The summed E-state index contributed by atoms with van der Waals surface area (Å²) < 4.78 is 21.1. The van der Waals surface area contributed by atoms with Gasteiger partial charge in [-0.15, -0.1) is 0 Å². The predicted molar refractivity (Wildman–Crippen MR) is 109 cm³/mol. The van der Waals surface area contributed by atoms with Crippen LogP contribution >= 0.6 is 7.82 Å². The van der Waals surface area contributed by atoms with Crippen LogP contribution < -0.4 is 4.74 Å².